The number of hydrogen-bond donors (Lipinski definition) is 1. The summed E-state index contributed by atoms with van der Waals surface area (Å²) in [6.07, 6.45) is 10.0. The summed E-state index contributed by atoms with van der Waals surface area (Å²) < 4.78 is 6.27. The third-order valence-electron chi connectivity index (χ3n) is 6.50. The van der Waals surface area contributed by atoms with Crippen molar-refractivity contribution in [3.8, 4) is 0 Å². The summed E-state index contributed by atoms with van der Waals surface area (Å²) in [5.41, 5.74) is 0.708. The fourth-order valence-corrected chi connectivity index (χ4v) is 5.11. The molecule has 2 atom stereocenters. The Morgan fingerprint density at radius 1 is 1.15 bits per heavy atom. The monoisotopic (exact) mass is 356 g/mol. The van der Waals surface area contributed by atoms with Gasteiger partial charge in [-0.1, -0.05) is 37.5 Å². The van der Waals surface area contributed by atoms with Crippen molar-refractivity contribution in [2.75, 3.05) is 26.2 Å². The van der Waals surface area contributed by atoms with E-state index in [2.05, 4.69) is 10.2 Å². The standard InChI is InChI=1S/C22H32N2O2/c25-21(19-9-5-2-6-10-19)23-20-11-14-26-22(15-20)12-13-24(17-22)16-18-7-3-1-4-8-18/h2,5-6,9-10,18,20H,1,3-4,7-8,11-17H2,(H,23,25)/t20-,22-/m1/s1. The normalized spacial score (nSPS) is 30.5. The van der Waals surface area contributed by atoms with Gasteiger partial charge in [0, 0.05) is 37.8 Å². The fourth-order valence-electron chi connectivity index (χ4n) is 5.11. The number of likely N-dealkylation sites (tertiary alicyclic amines) is 1. The predicted octanol–water partition coefficient (Wildman–Crippen LogP) is 3.62. The van der Waals surface area contributed by atoms with E-state index in [0.29, 0.717) is 0 Å². The van der Waals surface area contributed by atoms with Gasteiger partial charge in [-0.2, -0.15) is 0 Å². The average molecular weight is 357 g/mol. The molecule has 1 amide bonds. The van der Waals surface area contributed by atoms with Gasteiger partial charge in [0.05, 0.1) is 5.60 Å². The zero-order valence-corrected chi connectivity index (χ0v) is 15.8. The van der Waals surface area contributed by atoms with Crippen LogP contribution in [0.1, 0.15) is 61.7 Å². The maximum absolute atomic E-state index is 12.5. The second-order valence-electron chi connectivity index (χ2n) is 8.55. The van der Waals surface area contributed by atoms with Crippen molar-refractivity contribution in [3.05, 3.63) is 35.9 Å². The number of carbonyl (C=O) groups is 1. The van der Waals surface area contributed by atoms with Gasteiger partial charge in [-0.25, -0.2) is 0 Å². The Hall–Kier alpha value is -1.39. The van der Waals surface area contributed by atoms with E-state index < -0.39 is 0 Å². The van der Waals surface area contributed by atoms with Gasteiger partial charge in [0.1, 0.15) is 0 Å². The van der Waals surface area contributed by atoms with Crippen LogP contribution in [0.4, 0.5) is 0 Å². The Bertz CT molecular complexity index is 599. The second-order valence-corrected chi connectivity index (χ2v) is 8.55. The van der Waals surface area contributed by atoms with Gasteiger partial charge in [0.2, 0.25) is 0 Å². The van der Waals surface area contributed by atoms with Crippen LogP contribution < -0.4 is 5.32 Å². The van der Waals surface area contributed by atoms with Crippen molar-refractivity contribution in [2.24, 2.45) is 5.92 Å². The molecule has 1 aromatic carbocycles. The van der Waals surface area contributed by atoms with Crippen molar-refractivity contribution in [2.45, 2.75) is 63.0 Å². The molecule has 1 saturated carbocycles. The Kier molecular flexibility index (Phi) is 5.60. The SMILES string of the molecule is O=C(N[C@@H]1CCO[C@]2(CCN(CC3CCCCC3)C2)C1)c1ccccc1. The summed E-state index contributed by atoms with van der Waals surface area (Å²) in [5, 5.41) is 3.25. The van der Waals surface area contributed by atoms with Crippen molar-refractivity contribution in [1.82, 2.24) is 10.2 Å². The quantitative estimate of drug-likeness (QED) is 0.896. The van der Waals surface area contributed by atoms with Gasteiger partial charge < -0.3 is 15.0 Å². The van der Waals surface area contributed by atoms with E-state index in [1.54, 1.807) is 0 Å². The van der Waals surface area contributed by atoms with Crippen LogP contribution in [0.5, 0.6) is 0 Å². The number of nitrogens with zero attached hydrogens (tertiary/aromatic N) is 1. The van der Waals surface area contributed by atoms with E-state index in [9.17, 15) is 4.79 Å². The molecule has 3 fully saturated rings. The van der Waals surface area contributed by atoms with Crippen LogP contribution >= 0.6 is 0 Å². The summed E-state index contributed by atoms with van der Waals surface area (Å²) in [6, 6.07) is 9.77. The Morgan fingerprint density at radius 2 is 1.96 bits per heavy atom. The zero-order chi connectivity index (χ0) is 17.8. The highest BCUT2D eigenvalue weighted by atomic mass is 16.5. The highest BCUT2D eigenvalue weighted by Gasteiger charge is 2.43. The number of rotatable bonds is 4. The van der Waals surface area contributed by atoms with Gasteiger partial charge in [0.25, 0.3) is 5.91 Å². The number of nitrogens with one attached hydrogen (secondary N) is 1. The molecular formula is C22H32N2O2. The van der Waals surface area contributed by atoms with E-state index >= 15 is 0 Å². The van der Waals surface area contributed by atoms with Crippen LogP contribution in [0.3, 0.4) is 0 Å². The van der Waals surface area contributed by atoms with E-state index in [1.807, 2.05) is 30.3 Å². The molecule has 1 N–H and O–H groups in total. The second kappa shape index (κ2) is 8.10. The fraction of sp³-hybridized carbons (Fsp3) is 0.682. The van der Waals surface area contributed by atoms with Crippen molar-refractivity contribution < 1.29 is 9.53 Å². The molecule has 4 nitrogen and oxygen atoms in total. The lowest BCUT2D eigenvalue weighted by Gasteiger charge is -2.39. The molecule has 1 aromatic rings. The maximum atomic E-state index is 12.5. The highest BCUT2D eigenvalue weighted by Crippen LogP contribution is 2.35. The van der Waals surface area contributed by atoms with E-state index in [1.165, 1.54) is 38.6 Å². The van der Waals surface area contributed by atoms with Crippen LogP contribution in [0.15, 0.2) is 30.3 Å². The third kappa shape index (κ3) is 4.29. The summed E-state index contributed by atoms with van der Waals surface area (Å²) in [4.78, 5) is 15.1. The number of hydrogen-bond acceptors (Lipinski definition) is 3. The van der Waals surface area contributed by atoms with Crippen LogP contribution in [-0.4, -0.2) is 48.7 Å². The number of carbonyl (C=O) groups excluding carboxylic acids is 1. The molecule has 4 heteroatoms. The lowest BCUT2D eigenvalue weighted by Crippen LogP contribution is -2.50. The molecule has 1 spiro atoms. The maximum Gasteiger partial charge on any atom is 0.251 e. The van der Waals surface area contributed by atoms with Crippen LogP contribution in [-0.2, 0) is 4.74 Å². The third-order valence-corrected chi connectivity index (χ3v) is 6.50. The number of benzene rings is 1. The van der Waals surface area contributed by atoms with Gasteiger partial charge in [0.15, 0.2) is 0 Å². The van der Waals surface area contributed by atoms with Crippen molar-refractivity contribution in [3.63, 3.8) is 0 Å². The molecule has 2 saturated heterocycles. The Balaban J connectivity index is 1.31. The summed E-state index contributed by atoms with van der Waals surface area (Å²) in [5.74, 6) is 0.931. The molecule has 26 heavy (non-hydrogen) atoms. The highest BCUT2D eigenvalue weighted by molar-refractivity contribution is 5.94. The summed E-state index contributed by atoms with van der Waals surface area (Å²) in [6.45, 7) is 4.19. The van der Waals surface area contributed by atoms with Crippen LogP contribution in [0, 0.1) is 5.92 Å². The Labute approximate surface area is 157 Å². The molecule has 2 heterocycles. The molecule has 0 aromatic heterocycles. The first-order valence-corrected chi connectivity index (χ1v) is 10.4. The summed E-state index contributed by atoms with van der Waals surface area (Å²) >= 11 is 0. The number of amides is 1. The largest absolute Gasteiger partial charge is 0.373 e. The first-order chi connectivity index (χ1) is 12.7. The zero-order valence-electron chi connectivity index (χ0n) is 15.8. The lowest BCUT2D eigenvalue weighted by molar-refractivity contribution is -0.0795. The average Bonchev–Trinajstić information content (AvgIpc) is 3.05. The molecule has 1 aliphatic carbocycles. The van der Waals surface area contributed by atoms with E-state index in [-0.39, 0.29) is 17.6 Å². The molecule has 0 radical (unpaired) electrons. The van der Waals surface area contributed by atoms with Gasteiger partial charge in [-0.05, 0) is 50.2 Å². The molecule has 0 unspecified atom stereocenters. The smallest absolute Gasteiger partial charge is 0.251 e. The molecular weight excluding hydrogens is 324 g/mol. The van der Waals surface area contributed by atoms with Crippen molar-refractivity contribution in [1.29, 1.82) is 0 Å². The van der Waals surface area contributed by atoms with Gasteiger partial charge in [-0.3, -0.25) is 4.79 Å². The molecule has 2 aliphatic heterocycles. The topological polar surface area (TPSA) is 41.6 Å². The predicted molar refractivity (Wildman–Crippen MR) is 103 cm³/mol. The molecule has 142 valence electrons. The van der Waals surface area contributed by atoms with E-state index in [4.69, 9.17) is 4.74 Å². The van der Waals surface area contributed by atoms with Crippen molar-refractivity contribution >= 4 is 5.91 Å². The molecule has 4 rings (SSSR count). The minimum absolute atomic E-state index is 0.0401. The van der Waals surface area contributed by atoms with Gasteiger partial charge in [-0.15, -0.1) is 0 Å². The molecule has 0 bridgehead atoms. The number of ether oxygens (including phenoxy) is 1. The summed E-state index contributed by atoms with van der Waals surface area (Å²) in [7, 11) is 0. The Morgan fingerprint density at radius 3 is 2.77 bits per heavy atom. The van der Waals surface area contributed by atoms with E-state index in [0.717, 1.165) is 50.4 Å². The van der Waals surface area contributed by atoms with Crippen LogP contribution in [0.2, 0.25) is 0 Å². The lowest BCUT2D eigenvalue weighted by atomic mass is 9.88. The first kappa shape index (κ1) is 18.0. The van der Waals surface area contributed by atoms with Gasteiger partial charge >= 0.3 is 0 Å². The minimum atomic E-state index is -0.0401. The minimum Gasteiger partial charge on any atom is -0.373 e. The van der Waals surface area contributed by atoms with Crippen LogP contribution in [0.25, 0.3) is 0 Å². The first-order valence-electron chi connectivity index (χ1n) is 10.4. The molecule has 3 aliphatic rings.